The van der Waals surface area contributed by atoms with Gasteiger partial charge in [0.25, 0.3) is 10.1 Å². The van der Waals surface area contributed by atoms with Crippen molar-refractivity contribution in [3.63, 3.8) is 0 Å². The molecule has 0 radical (unpaired) electrons. The Balaban J connectivity index is 1.06. The first-order valence-electron chi connectivity index (χ1n) is 17.2. The monoisotopic (exact) mass is 716 g/mol. The first kappa shape index (κ1) is 34.6. The highest BCUT2D eigenvalue weighted by atomic mass is 32.2. The van der Waals surface area contributed by atoms with E-state index in [-0.39, 0.29) is 42.8 Å². The second-order valence-electron chi connectivity index (χ2n) is 14.3. The minimum atomic E-state index is -3.56. The topological polar surface area (TPSA) is 163 Å². The molecule has 0 spiro atoms. The molecule has 15 nitrogen and oxygen atoms in total. The number of anilines is 1. The number of aromatic nitrogens is 7. The summed E-state index contributed by atoms with van der Waals surface area (Å²) in [5.74, 6) is 2.14. The third-order valence-electron chi connectivity index (χ3n) is 9.44. The van der Waals surface area contributed by atoms with Crippen LogP contribution in [0, 0.1) is 0 Å². The second-order valence-corrected chi connectivity index (χ2v) is 16.0. The van der Waals surface area contributed by atoms with Crippen molar-refractivity contribution in [2.24, 2.45) is 0 Å². The summed E-state index contributed by atoms with van der Waals surface area (Å²) in [5, 5.41) is 24.2. The van der Waals surface area contributed by atoms with E-state index >= 15 is 0 Å². The van der Waals surface area contributed by atoms with E-state index in [4.69, 9.17) is 14.0 Å². The predicted octanol–water partition coefficient (Wildman–Crippen LogP) is 4.93. The minimum absolute atomic E-state index is 0.0505. The standard InChI is InChI=1S/C35H44N10O5S/c1-35(2,3)30-19-32(45(41-30)23-20-36-43(21-23)17-18-49-51(5,47)48)38-34(46)37-27-13-14-29(26-10-7-6-9-25(26)27)50-24-12-15-31-39-40-33(44(31)22-24)28-11-8-16-42(28)4/h6-7,9-10,12,15,19-22,27-29H,8,11,13-14,16-18H2,1-5H3,(H2,37,38,46). The van der Waals surface area contributed by atoms with Gasteiger partial charge in [-0.15, -0.1) is 10.2 Å². The molecule has 1 aromatic carbocycles. The summed E-state index contributed by atoms with van der Waals surface area (Å²) in [6, 6.07) is 13.4. The number of nitrogens with one attached hydrogen (secondary N) is 2. The lowest BCUT2D eigenvalue weighted by molar-refractivity contribution is 0.171. The zero-order chi connectivity index (χ0) is 35.9. The molecule has 1 saturated heterocycles. The van der Waals surface area contributed by atoms with Gasteiger partial charge in [-0.05, 0) is 62.5 Å². The van der Waals surface area contributed by atoms with E-state index in [1.807, 2.05) is 67.8 Å². The number of benzene rings is 1. The quantitative estimate of drug-likeness (QED) is 0.190. The molecule has 1 fully saturated rings. The molecule has 0 bridgehead atoms. The van der Waals surface area contributed by atoms with Gasteiger partial charge in [0.15, 0.2) is 11.5 Å². The fraction of sp³-hybridized carbons (Fsp3) is 0.457. The largest absolute Gasteiger partial charge is 0.484 e. The van der Waals surface area contributed by atoms with Crippen molar-refractivity contribution < 1.29 is 22.1 Å². The fourth-order valence-electron chi connectivity index (χ4n) is 6.82. The van der Waals surface area contributed by atoms with E-state index in [1.165, 1.54) is 0 Å². The van der Waals surface area contributed by atoms with Crippen LogP contribution < -0.4 is 15.4 Å². The number of hydrogen-bond acceptors (Lipinski definition) is 10. The Bertz CT molecular complexity index is 2150. The van der Waals surface area contributed by atoms with Crippen LogP contribution in [0.5, 0.6) is 5.75 Å². The first-order chi connectivity index (χ1) is 24.3. The van der Waals surface area contributed by atoms with Gasteiger partial charge in [-0.3, -0.25) is 23.5 Å². The molecular weight excluding hydrogens is 673 g/mol. The van der Waals surface area contributed by atoms with E-state index in [0.29, 0.717) is 24.3 Å². The van der Waals surface area contributed by atoms with Crippen molar-refractivity contribution in [3.05, 3.63) is 83.7 Å². The van der Waals surface area contributed by atoms with Crippen LogP contribution in [0.15, 0.2) is 61.1 Å². The number of rotatable bonds is 10. The van der Waals surface area contributed by atoms with Crippen LogP contribution in [-0.2, 0) is 26.3 Å². The van der Waals surface area contributed by atoms with Crippen LogP contribution in [0.1, 0.15) is 87.3 Å². The molecule has 1 aliphatic heterocycles. The number of carbonyl (C=O) groups excluding carboxylic acids is 1. The van der Waals surface area contributed by atoms with Gasteiger partial charge in [0.2, 0.25) is 0 Å². The molecule has 1 aliphatic carbocycles. The van der Waals surface area contributed by atoms with E-state index in [1.54, 1.807) is 21.8 Å². The number of hydrogen-bond donors (Lipinski definition) is 2. The summed E-state index contributed by atoms with van der Waals surface area (Å²) < 4.78 is 39.4. The molecule has 0 saturated carbocycles. The van der Waals surface area contributed by atoms with Gasteiger partial charge in [-0.2, -0.15) is 18.6 Å². The molecule has 3 unspecified atom stereocenters. The smallest absolute Gasteiger partial charge is 0.320 e. The van der Waals surface area contributed by atoms with Crippen LogP contribution >= 0.6 is 0 Å². The Hall–Kier alpha value is -4.80. The van der Waals surface area contributed by atoms with Crippen molar-refractivity contribution >= 4 is 27.6 Å². The molecule has 7 rings (SSSR count). The molecule has 2 aliphatic rings. The molecule has 5 aromatic rings. The Morgan fingerprint density at radius 1 is 1.04 bits per heavy atom. The van der Waals surface area contributed by atoms with E-state index < -0.39 is 10.1 Å². The number of urea groups is 1. The number of fused-ring (bicyclic) bond motifs is 2. The van der Waals surface area contributed by atoms with Crippen molar-refractivity contribution in [1.82, 2.24) is 44.4 Å². The number of pyridine rings is 1. The zero-order valence-corrected chi connectivity index (χ0v) is 30.3. The maximum Gasteiger partial charge on any atom is 0.320 e. The van der Waals surface area contributed by atoms with Crippen LogP contribution in [0.2, 0.25) is 0 Å². The van der Waals surface area contributed by atoms with Gasteiger partial charge in [0.05, 0.1) is 55.8 Å². The SMILES string of the molecule is CN1CCCC1c1nnc2ccc(OC3CCC(NC(=O)Nc4cc(C(C)(C)C)nn4-c4cnn(CCOS(C)(=O)=O)c4)c4ccccc43)cn12. The number of carbonyl (C=O) groups is 1. The summed E-state index contributed by atoms with van der Waals surface area (Å²) in [7, 11) is -1.43. The third kappa shape index (κ3) is 7.62. The van der Waals surface area contributed by atoms with Gasteiger partial charge in [0, 0.05) is 11.5 Å². The Morgan fingerprint density at radius 3 is 2.59 bits per heavy atom. The van der Waals surface area contributed by atoms with E-state index in [2.05, 4.69) is 43.9 Å². The number of amides is 2. The lowest BCUT2D eigenvalue weighted by Crippen LogP contribution is -2.36. The van der Waals surface area contributed by atoms with Crippen molar-refractivity contribution in [1.29, 1.82) is 0 Å². The van der Waals surface area contributed by atoms with Crippen molar-refractivity contribution in [2.75, 3.05) is 31.8 Å². The summed E-state index contributed by atoms with van der Waals surface area (Å²) >= 11 is 0. The fourth-order valence-corrected chi connectivity index (χ4v) is 7.20. The van der Waals surface area contributed by atoms with Crippen LogP contribution in [0.25, 0.3) is 11.3 Å². The zero-order valence-electron chi connectivity index (χ0n) is 29.5. The molecule has 2 amide bonds. The number of nitrogens with zero attached hydrogens (tertiary/aromatic N) is 8. The van der Waals surface area contributed by atoms with Gasteiger partial charge >= 0.3 is 6.03 Å². The maximum absolute atomic E-state index is 13.6. The Kier molecular flexibility index (Phi) is 9.32. The molecule has 4 aromatic heterocycles. The van der Waals surface area contributed by atoms with Crippen LogP contribution in [0.4, 0.5) is 10.6 Å². The van der Waals surface area contributed by atoms with Gasteiger partial charge < -0.3 is 10.1 Å². The van der Waals surface area contributed by atoms with E-state index in [0.717, 1.165) is 59.7 Å². The molecule has 2 N–H and O–H groups in total. The summed E-state index contributed by atoms with van der Waals surface area (Å²) in [4.78, 5) is 15.9. The third-order valence-corrected chi connectivity index (χ3v) is 10.0. The molecule has 51 heavy (non-hydrogen) atoms. The highest BCUT2D eigenvalue weighted by Gasteiger charge is 2.31. The summed E-state index contributed by atoms with van der Waals surface area (Å²) in [6.45, 7) is 7.36. The lowest BCUT2D eigenvalue weighted by Gasteiger charge is -2.32. The molecule has 5 heterocycles. The average Bonchev–Trinajstić information content (AvgIpc) is 3.88. The Labute approximate surface area is 297 Å². The predicted molar refractivity (Wildman–Crippen MR) is 190 cm³/mol. The number of likely N-dealkylation sites (tertiary alicyclic amines) is 1. The van der Waals surface area contributed by atoms with Gasteiger partial charge in [-0.1, -0.05) is 45.0 Å². The average molecular weight is 717 g/mol. The molecule has 3 atom stereocenters. The minimum Gasteiger partial charge on any atom is -0.484 e. The normalized spacial score (nSPS) is 19.7. The first-order valence-corrected chi connectivity index (χ1v) is 19.0. The maximum atomic E-state index is 13.6. The van der Waals surface area contributed by atoms with Crippen molar-refractivity contribution in [3.8, 4) is 11.4 Å². The van der Waals surface area contributed by atoms with E-state index in [9.17, 15) is 13.2 Å². The summed E-state index contributed by atoms with van der Waals surface area (Å²) in [5.41, 5.74) is 3.92. The van der Waals surface area contributed by atoms with Gasteiger partial charge in [-0.25, -0.2) is 9.48 Å². The highest BCUT2D eigenvalue weighted by molar-refractivity contribution is 7.85. The van der Waals surface area contributed by atoms with Crippen molar-refractivity contribution in [2.45, 2.75) is 76.6 Å². The summed E-state index contributed by atoms with van der Waals surface area (Å²) in [6.07, 6.45) is 9.70. The molecule has 270 valence electrons. The number of ether oxygens (including phenoxy) is 1. The molecule has 16 heteroatoms. The van der Waals surface area contributed by atoms with Crippen LogP contribution in [-0.4, -0.2) is 80.0 Å². The van der Waals surface area contributed by atoms with Gasteiger partial charge in [0.1, 0.15) is 23.4 Å². The molecular formula is C35H44N10O5S. The second kappa shape index (κ2) is 13.7. The van der Waals surface area contributed by atoms with Crippen LogP contribution in [0.3, 0.4) is 0 Å². The Morgan fingerprint density at radius 2 is 1.84 bits per heavy atom. The highest BCUT2D eigenvalue weighted by Crippen LogP contribution is 2.39. The lowest BCUT2D eigenvalue weighted by atomic mass is 9.85.